The van der Waals surface area contributed by atoms with Crippen LogP contribution in [0.2, 0.25) is 0 Å². The molecular formula is C26H21N5O4S. The molecule has 36 heavy (non-hydrogen) atoms. The van der Waals surface area contributed by atoms with E-state index >= 15 is 0 Å². The Balaban J connectivity index is 1.30. The second-order valence-corrected chi connectivity index (χ2v) is 8.96. The molecule has 2 aromatic heterocycles. The van der Waals surface area contributed by atoms with E-state index in [1.54, 1.807) is 25.3 Å². The second kappa shape index (κ2) is 9.38. The summed E-state index contributed by atoms with van der Waals surface area (Å²) in [5.41, 5.74) is 3.02. The lowest BCUT2D eigenvalue weighted by Gasteiger charge is -2.19. The first-order valence-electron chi connectivity index (χ1n) is 11.3. The van der Waals surface area contributed by atoms with E-state index in [0.29, 0.717) is 47.0 Å². The van der Waals surface area contributed by atoms with Crippen LogP contribution in [-0.4, -0.2) is 51.6 Å². The number of para-hydroxylation sites is 1. The largest absolute Gasteiger partial charge is 0.497 e. The smallest absolute Gasteiger partial charge is 0.234 e. The number of hydrogen-bond acceptors (Lipinski definition) is 8. The highest BCUT2D eigenvalue weighted by atomic mass is 32.2. The highest BCUT2D eigenvalue weighted by Crippen LogP contribution is 2.33. The van der Waals surface area contributed by atoms with E-state index in [1.807, 2.05) is 52.9 Å². The predicted octanol–water partition coefficient (Wildman–Crippen LogP) is 4.46. The van der Waals surface area contributed by atoms with E-state index in [9.17, 15) is 4.79 Å². The molecule has 9 nitrogen and oxygen atoms in total. The van der Waals surface area contributed by atoms with Gasteiger partial charge >= 0.3 is 0 Å². The number of methoxy groups -OCH3 is 1. The zero-order valence-electron chi connectivity index (χ0n) is 19.3. The maximum Gasteiger partial charge on any atom is 0.234 e. The number of amides is 1. The van der Waals surface area contributed by atoms with E-state index in [2.05, 4.69) is 15.5 Å². The molecule has 10 heteroatoms. The number of ether oxygens (including phenoxy) is 3. The topological polar surface area (TPSA) is 99.9 Å². The van der Waals surface area contributed by atoms with Crippen molar-refractivity contribution in [3.63, 3.8) is 0 Å². The van der Waals surface area contributed by atoms with Crippen LogP contribution in [0.4, 0.5) is 5.69 Å². The number of anilines is 1. The Labute approximate surface area is 210 Å². The molecule has 3 heterocycles. The van der Waals surface area contributed by atoms with Crippen LogP contribution in [0.1, 0.15) is 0 Å². The number of aromatic nitrogens is 4. The summed E-state index contributed by atoms with van der Waals surface area (Å²) in [4.78, 5) is 17.7. The minimum absolute atomic E-state index is 0.143. The third-order valence-corrected chi connectivity index (χ3v) is 6.65. The second-order valence-electron chi connectivity index (χ2n) is 8.02. The van der Waals surface area contributed by atoms with Gasteiger partial charge in [-0.05, 0) is 48.5 Å². The summed E-state index contributed by atoms with van der Waals surface area (Å²) >= 11 is 1.29. The minimum atomic E-state index is -0.173. The number of thioether (sulfide) groups is 1. The van der Waals surface area contributed by atoms with Gasteiger partial charge in [-0.15, -0.1) is 10.2 Å². The SMILES string of the molecule is COc1ccc(-c2nc3ccccc3c3nnc(SCC(=O)Nc4ccc5c(c4)OCCO5)n23)cc1. The minimum Gasteiger partial charge on any atom is -0.497 e. The summed E-state index contributed by atoms with van der Waals surface area (Å²) in [7, 11) is 1.63. The average Bonchev–Trinajstić information content (AvgIpc) is 3.36. The molecule has 180 valence electrons. The summed E-state index contributed by atoms with van der Waals surface area (Å²) in [6, 6.07) is 20.8. The van der Waals surface area contributed by atoms with Crippen LogP contribution in [0.15, 0.2) is 71.9 Å². The molecule has 0 radical (unpaired) electrons. The molecule has 0 fully saturated rings. The van der Waals surface area contributed by atoms with Crippen LogP contribution < -0.4 is 19.5 Å². The van der Waals surface area contributed by atoms with Gasteiger partial charge in [-0.1, -0.05) is 23.9 Å². The fraction of sp³-hybridized carbons (Fsp3) is 0.154. The summed E-state index contributed by atoms with van der Waals surface area (Å²) in [5.74, 6) is 2.71. The van der Waals surface area contributed by atoms with Crippen molar-refractivity contribution >= 4 is 39.9 Å². The molecule has 0 saturated heterocycles. The maximum absolute atomic E-state index is 12.8. The lowest BCUT2D eigenvalue weighted by molar-refractivity contribution is -0.113. The number of carbonyl (C=O) groups is 1. The van der Waals surface area contributed by atoms with Crippen molar-refractivity contribution in [2.75, 3.05) is 31.4 Å². The van der Waals surface area contributed by atoms with Gasteiger partial charge in [0.1, 0.15) is 24.8 Å². The Hall–Kier alpha value is -4.31. The van der Waals surface area contributed by atoms with Gasteiger partial charge in [0.05, 0.1) is 18.4 Å². The summed E-state index contributed by atoms with van der Waals surface area (Å²) in [5, 5.41) is 13.2. The molecule has 0 unspecified atom stereocenters. The number of rotatable bonds is 6. The van der Waals surface area contributed by atoms with E-state index in [0.717, 1.165) is 22.2 Å². The normalized spacial score (nSPS) is 12.6. The average molecular weight is 500 g/mol. The molecule has 0 saturated carbocycles. The molecule has 1 aliphatic rings. The molecule has 1 amide bonds. The first-order valence-corrected chi connectivity index (χ1v) is 12.3. The Morgan fingerprint density at radius 1 is 1.03 bits per heavy atom. The number of hydrogen-bond donors (Lipinski definition) is 1. The van der Waals surface area contributed by atoms with Gasteiger partial charge in [0, 0.05) is 22.7 Å². The third kappa shape index (κ3) is 4.16. The van der Waals surface area contributed by atoms with Crippen LogP contribution in [0.3, 0.4) is 0 Å². The highest BCUT2D eigenvalue weighted by molar-refractivity contribution is 7.99. The van der Waals surface area contributed by atoms with E-state index < -0.39 is 0 Å². The van der Waals surface area contributed by atoms with Crippen molar-refractivity contribution in [2.24, 2.45) is 0 Å². The number of nitrogens with zero attached hydrogens (tertiary/aromatic N) is 4. The molecular weight excluding hydrogens is 478 g/mol. The molecule has 5 aromatic rings. The molecule has 1 N–H and O–H groups in total. The van der Waals surface area contributed by atoms with Crippen LogP contribution in [0, 0.1) is 0 Å². The Morgan fingerprint density at radius 3 is 2.67 bits per heavy atom. The first-order chi connectivity index (χ1) is 17.7. The fourth-order valence-corrected chi connectivity index (χ4v) is 4.77. The van der Waals surface area contributed by atoms with Gasteiger partial charge in [0.2, 0.25) is 5.91 Å². The molecule has 3 aromatic carbocycles. The van der Waals surface area contributed by atoms with Crippen molar-refractivity contribution in [3.05, 3.63) is 66.7 Å². The molecule has 6 rings (SSSR count). The van der Waals surface area contributed by atoms with Crippen molar-refractivity contribution in [2.45, 2.75) is 5.16 Å². The van der Waals surface area contributed by atoms with Crippen LogP contribution in [0.5, 0.6) is 17.2 Å². The van der Waals surface area contributed by atoms with Gasteiger partial charge in [-0.25, -0.2) is 4.98 Å². The van der Waals surface area contributed by atoms with Gasteiger partial charge in [0.15, 0.2) is 22.3 Å². The number of fused-ring (bicyclic) bond motifs is 4. The van der Waals surface area contributed by atoms with Gasteiger partial charge < -0.3 is 19.5 Å². The van der Waals surface area contributed by atoms with Crippen molar-refractivity contribution in [1.82, 2.24) is 19.6 Å². The van der Waals surface area contributed by atoms with Crippen LogP contribution >= 0.6 is 11.8 Å². The van der Waals surface area contributed by atoms with Gasteiger partial charge in [0.25, 0.3) is 0 Å². The summed E-state index contributed by atoms with van der Waals surface area (Å²) in [6.07, 6.45) is 0. The maximum atomic E-state index is 12.8. The highest BCUT2D eigenvalue weighted by Gasteiger charge is 2.18. The lowest BCUT2D eigenvalue weighted by Crippen LogP contribution is -2.17. The third-order valence-electron chi connectivity index (χ3n) is 5.72. The van der Waals surface area contributed by atoms with E-state index in [1.165, 1.54) is 11.8 Å². The summed E-state index contributed by atoms with van der Waals surface area (Å²) in [6.45, 7) is 1.00. The van der Waals surface area contributed by atoms with E-state index in [4.69, 9.17) is 19.2 Å². The molecule has 0 aliphatic carbocycles. The van der Waals surface area contributed by atoms with Crippen molar-refractivity contribution in [1.29, 1.82) is 0 Å². The Morgan fingerprint density at radius 2 is 1.83 bits per heavy atom. The van der Waals surface area contributed by atoms with Crippen LogP contribution in [-0.2, 0) is 4.79 Å². The Bertz CT molecular complexity index is 1590. The van der Waals surface area contributed by atoms with Crippen molar-refractivity contribution in [3.8, 4) is 28.6 Å². The zero-order chi connectivity index (χ0) is 24.5. The number of carbonyl (C=O) groups excluding carboxylic acids is 1. The molecule has 1 aliphatic heterocycles. The van der Waals surface area contributed by atoms with Gasteiger partial charge in [-0.2, -0.15) is 0 Å². The van der Waals surface area contributed by atoms with E-state index in [-0.39, 0.29) is 11.7 Å². The standard InChI is InChI=1S/C26H21N5O4S/c1-33-18-9-6-16(7-10-18)24-28-20-5-3-2-4-19(20)25-29-30-26(31(24)25)36-15-23(32)27-17-8-11-21-22(14-17)35-13-12-34-21/h2-11,14H,12-13,15H2,1H3,(H,27,32). The lowest BCUT2D eigenvalue weighted by atomic mass is 10.1. The number of nitrogens with one attached hydrogen (secondary N) is 1. The molecule has 0 bridgehead atoms. The Kier molecular flexibility index (Phi) is 5.78. The monoisotopic (exact) mass is 499 g/mol. The predicted molar refractivity (Wildman–Crippen MR) is 137 cm³/mol. The fourth-order valence-electron chi connectivity index (χ4n) is 4.04. The zero-order valence-corrected chi connectivity index (χ0v) is 20.1. The van der Waals surface area contributed by atoms with Crippen molar-refractivity contribution < 1.29 is 19.0 Å². The number of benzene rings is 3. The van der Waals surface area contributed by atoms with Crippen LogP contribution in [0.25, 0.3) is 27.9 Å². The van der Waals surface area contributed by atoms with Gasteiger partial charge in [-0.3, -0.25) is 9.20 Å². The summed E-state index contributed by atoms with van der Waals surface area (Å²) < 4.78 is 18.3. The molecule has 0 atom stereocenters. The quantitative estimate of drug-likeness (QED) is 0.342. The molecule has 0 spiro atoms. The first kappa shape index (κ1) is 22.2.